The zero-order valence-corrected chi connectivity index (χ0v) is 35.9. The molecule has 2 aromatic heterocycles. The molecular weight excluding hydrogens is 717 g/mol. The Balaban J connectivity index is 1.56. The fraction of sp³-hybridized carbons (Fsp3) is 0.302. The van der Waals surface area contributed by atoms with Gasteiger partial charge in [-0.25, -0.2) is 8.78 Å². The lowest BCUT2D eigenvalue weighted by molar-refractivity contribution is 0.584. The van der Waals surface area contributed by atoms with Gasteiger partial charge in [-0.05, 0) is 116 Å². The van der Waals surface area contributed by atoms with Crippen LogP contribution in [0.5, 0.6) is 0 Å². The van der Waals surface area contributed by atoms with E-state index in [2.05, 4.69) is 171 Å². The number of benzene rings is 6. The van der Waals surface area contributed by atoms with Crippen LogP contribution < -0.4 is 0 Å². The molecule has 0 aliphatic carbocycles. The third-order valence-electron chi connectivity index (χ3n) is 11.9. The van der Waals surface area contributed by atoms with E-state index in [0.717, 1.165) is 49.7 Å². The van der Waals surface area contributed by atoms with Crippen molar-refractivity contribution in [3.63, 3.8) is 0 Å². The quantitative estimate of drug-likeness (QED) is 0.176. The van der Waals surface area contributed by atoms with Crippen LogP contribution >= 0.6 is 0 Å². The second-order valence-corrected chi connectivity index (χ2v) is 20.2. The molecule has 0 amide bonds. The molecule has 0 N–H and O–H groups in total. The Morgan fingerprint density at radius 3 is 1.10 bits per heavy atom. The average Bonchev–Trinajstić information content (AvgIpc) is 3.63. The normalized spacial score (nSPS) is 13.0. The zero-order chi connectivity index (χ0) is 41.9. The first-order chi connectivity index (χ1) is 27.1. The van der Waals surface area contributed by atoms with Gasteiger partial charge in [0.05, 0.1) is 33.4 Å². The molecule has 294 valence electrons. The van der Waals surface area contributed by atoms with Gasteiger partial charge in [-0.3, -0.25) is 0 Å². The summed E-state index contributed by atoms with van der Waals surface area (Å²) >= 11 is 0. The minimum Gasteiger partial charge on any atom is -0.308 e. The minimum atomic E-state index is -0.679. The lowest BCUT2D eigenvalue weighted by Gasteiger charge is -2.22. The van der Waals surface area contributed by atoms with E-state index in [-0.39, 0.29) is 21.7 Å². The number of nitriles is 1. The molecular formula is C53H53F2N3. The Bertz CT molecular complexity index is 2850. The summed E-state index contributed by atoms with van der Waals surface area (Å²) < 4.78 is 34.7. The predicted molar refractivity (Wildman–Crippen MR) is 240 cm³/mol. The molecule has 0 atom stereocenters. The van der Waals surface area contributed by atoms with Gasteiger partial charge >= 0.3 is 0 Å². The highest BCUT2D eigenvalue weighted by Gasteiger charge is 2.28. The molecule has 0 aliphatic heterocycles. The summed E-state index contributed by atoms with van der Waals surface area (Å²) in [5, 5.41) is 15.9. The van der Waals surface area contributed by atoms with Crippen LogP contribution in [0.2, 0.25) is 0 Å². The van der Waals surface area contributed by atoms with Gasteiger partial charge in [0.25, 0.3) is 0 Å². The van der Waals surface area contributed by atoms with Gasteiger partial charge in [0.1, 0.15) is 23.3 Å². The highest BCUT2D eigenvalue weighted by Crippen LogP contribution is 2.44. The van der Waals surface area contributed by atoms with Crippen LogP contribution in [0.3, 0.4) is 0 Å². The Morgan fingerprint density at radius 1 is 0.431 bits per heavy atom. The van der Waals surface area contributed by atoms with E-state index in [1.54, 1.807) is 0 Å². The molecule has 0 saturated heterocycles. The predicted octanol–water partition coefficient (Wildman–Crippen LogP) is 14.9. The number of hydrogen-bond acceptors (Lipinski definition) is 1. The molecule has 6 aromatic carbocycles. The highest BCUT2D eigenvalue weighted by molar-refractivity contribution is 6.12. The van der Waals surface area contributed by atoms with Crippen molar-refractivity contribution in [1.29, 1.82) is 5.26 Å². The molecule has 58 heavy (non-hydrogen) atoms. The van der Waals surface area contributed by atoms with E-state index in [0.29, 0.717) is 28.1 Å². The Kier molecular flexibility index (Phi) is 8.87. The molecule has 8 rings (SSSR count). The molecule has 8 aromatic rings. The molecule has 0 aliphatic rings. The molecule has 0 saturated carbocycles. The zero-order valence-electron chi connectivity index (χ0n) is 35.9. The van der Waals surface area contributed by atoms with Crippen molar-refractivity contribution in [2.45, 2.75) is 105 Å². The summed E-state index contributed by atoms with van der Waals surface area (Å²) in [7, 11) is 0. The molecule has 0 bridgehead atoms. The molecule has 0 fully saturated rings. The number of aromatic nitrogens is 2. The smallest absolute Gasteiger partial charge is 0.126 e. The van der Waals surface area contributed by atoms with Gasteiger partial charge in [0.15, 0.2) is 0 Å². The molecule has 0 radical (unpaired) electrons. The fourth-order valence-electron chi connectivity index (χ4n) is 8.46. The lowest BCUT2D eigenvalue weighted by Crippen LogP contribution is -2.11. The van der Waals surface area contributed by atoms with Gasteiger partial charge in [-0.15, -0.1) is 0 Å². The Morgan fingerprint density at radius 2 is 0.776 bits per heavy atom. The standard InChI is InChI=1S/C53H53F2N3/c1-50(2,3)32-13-18-44-39(25-32)40-26-33(51(4,5)6)14-19-45(40)57(44)48-22-17-38(31-23-36(54)29-37(55)24-31)49(43(48)30-56)58-46-20-15-34(52(7,8)9)27-41(46)42-28-35(53(10,11)12)16-21-47(42)58/h13-29H,1-12H3. The largest absolute Gasteiger partial charge is 0.308 e. The van der Waals surface area contributed by atoms with Gasteiger partial charge < -0.3 is 9.13 Å². The third-order valence-corrected chi connectivity index (χ3v) is 11.9. The first-order valence-electron chi connectivity index (χ1n) is 20.3. The van der Waals surface area contributed by atoms with E-state index in [1.165, 1.54) is 34.4 Å². The van der Waals surface area contributed by atoms with Crippen molar-refractivity contribution < 1.29 is 8.78 Å². The average molecular weight is 770 g/mol. The van der Waals surface area contributed by atoms with Crippen LogP contribution in [0.15, 0.2) is 103 Å². The number of fused-ring (bicyclic) bond motifs is 6. The van der Waals surface area contributed by atoms with Crippen LogP contribution in [0.1, 0.15) is 111 Å². The van der Waals surface area contributed by atoms with Crippen LogP contribution in [0.4, 0.5) is 8.78 Å². The fourth-order valence-corrected chi connectivity index (χ4v) is 8.46. The summed E-state index contributed by atoms with van der Waals surface area (Å²) in [6, 6.07) is 36.6. The molecule has 5 heteroatoms. The van der Waals surface area contributed by atoms with E-state index in [9.17, 15) is 5.26 Å². The topological polar surface area (TPSA) is 33.6 Å². The van der Waals surface area contributed by atoms with Gasteiger partial charge in [-0.1, -0.05) is 113 Å². The number of rotatable bonds is 3. The van der Waals surface area contributed by atoms with Gasteiger partial charge in [0, 0.05) is 33.2 Å². The summed E-state index contributed by atoms with van der Waals surface area (Å²) in [5.41, 5.74) is 10.8. The monoisotopic (exact) mass is 769 g/mol. The van der Waals surface area contributed by atoms with Crippen LogP contribution in [-0.4, -0.2) is 9.13 Å². The van der Waals surface area contributed by atoms with Crippen molar-refractivity contribution in [2.24, 2.45) is 0 Å². The maximum Gasteiger partial charge on any atom is 0.126 e. The minimum absolute atomic E-state index is 0.0760. The third kappa shape index (κ3) is 6.48. The van der Waals surface area contributed by atoms with Crippen molar-refractivity contribution in [3.05, 3.63) is 143 Å². The summed E-state index contributed by atoms with van der Waals surface area (Å²) in [4.78, 5) is 0. The van der Waals surface area contributed by atoms with Gasteiger partial charge in [0.2, 0.25) is 0 Å². The Labute approximate surface area is 341 Å². The van der Waals surface area contributed by atoms with Crippen molar-refractivity contribution in [3.8, 4) is 28.6 Å². The van der Waals surface area contributed by atoms with Crippen molar-refractivity contribution >= 4 is 43.6 Å². The molecule has 3 nitrogen and oxygen atoms in total. The summed E-state index contributed by atoms with van der Waals surface area (Å²) in [6.45, 7) is 26.6. The summed E-state index contributed by atoms with van der Waals surface area (Å²) in [6.07, 6.45) is 0. The van der Waals surface area contributed by atoms with E-state index < -0.39 is 11.6 Å². The first-order valence-corrected chi connectivity index (χ1v) is 20.3. The van der Waals surface area contributed by atoms with Crippen molar-refractivity contribution in [2.75, 3.05) is 0 Å². The number of nitrogens with zero attached hydrogens (tertiary/aromatic N) is 3. The SMILES string of the molecule is CC(C)(C)c1ccc2c(c1)c1cc(C(C)(C)C)ccc1n2-c1ccc(-c2cc(F)cc(F)c2)c(-n2c3ccc(C(C)(C)C)cc3c3cc(C(C)(C)C)ccc32)c1C#N. The molecule has 0 unspecified atom stereocenters. The number of halogens is 2. The van der Waals surface area contributed by atoms with E-state index >= 15 is 8.78 Å². The van der Waals surface area contributed by atoms with Crippen LogP contribution in [0.25, 0.3) is 66.1 Å². The first kappa shape index (κ1) is 39.1. The van der Waals surface area contributed by atoms with Crippen LogP contribution in [0, 0.1) is 23.0 Å². The van der Waals surface area contributed by atoms with E-state index in [1.807, 2.05) is 12.1 Å². The molecule has 0 spiro atoms. The lowest BCUT2D eigenvalue weighted by atomic mass is 9.85. The number of hydrogen-bond donors (Lipinski definition) is 0. The summed E-state index contributed by atoms with van der Waals surface area (Å²) in [5.74, 6) is -1.36. The van der Waals surface area contributed by atoms with Crippen LogP contribution in [-0.2, 0) is 21.7 Å². The van der Waals surface area contributed by atoms with Gasteiger partial charge in [-0.2, -0.15) is 5.26 Å². The highest BCUT2D eigenvalue weighted by atomic mass is 19.1. The second-order valence-electron chi connectivity index (χ2n) is 20.2. The molecule has 2 heterocycles. The maximum atomic E-state index is 15.2. The van der Waals surface area contributed by atoms with Crippen molar-refractivity contribution in [1.82, 2.24) is 9.13 Å². The Hall–Kier alpha value is -5.73. The second kappa shape index (κ2) is 13.1. The maximum absolute atomic E-state index is 15.2. The van der Waals surface area contributed by atoms with E-state index in [4.69, 9.17) is 0 Å².